The molecule has 78 heavy (non-hydrogen) atoms. The molecular weight excluding hydrogens is 988 g/mol. The van der Waals surface area contributed by atoms with Gasteiger partial charge in [-0.2, -0.15) is 0 Å². The van der Waals surface area contributed by atoms with Crippen LogP contribution in [0.1, 0.15) is 271 Å². The Labute approximate surface area is 481 Å². The van der Waals surface area contributed by atoms with Crippen molar-refractivity contribution in [3.63, 3.8) is 0 Å². The van der Waals surface area contributed by atoms with Crippen molar-refractivity contribution < 1.29 is 37.3 Å². The molecule has 0 heterocycles. The van der Waals surface area contributed by atoms with Crippen molar-refractivity contribution in [2.75, 3.05) is 40.9 Å². The highest BCUT2D eigenvalue weighted by molar-refractivity contribution is 7.45. The molecule has 0 saturated heterocycles. The maximum atomic E-state index is 13.5. The molecule has 0 aliphatic carbocycles. The average Bonchev–Trinajstić information content (AvgIpc) is 3.40. The molecule has 1 N–H and O–H groups in total. The van der Waals surface area contributed by atoms with Crippen LogP contribution < -0.4 is 10.2 Å². The number of carbonyl (C=O) groups is 2. The second-order valence-electron chi connectivity index (χ2n) is 22.5. The van der Waals surface area contributed by atoms with Gasteiger partial charge < -0.3 is 28.5 Å². The molecular formula is C68H121N2O7P. The maximum absolute atomic E-state index is 13.5. The van der Waals surface area contributed by atoms with Crippen LogP contribution in [0, 0.1) is 0 Å². The molecule has 3 atom stereocenters. The zero-order valence-corrected chi connectivity index (χ0v) is 52.2. The van der Waals surface area contributed by atoms with Crippen molar-refractivity contribution in [3.8, 4) is 0 Å². The van der Waals surface area contributed by atoms with E-state index in [0.717, 1.165) is 109 Å². The summed E-state index contributed by atoms with van der Waals surface area (Å²) in [5.74, 6) is -0.573. The molecule has 450 valence electrons. The number of carbonyl (C=O) groups excluding carboxylic acids is 2. The fourth-order valence-corrected chi connectivity index (χ4v) is 9.54. The monoisotopic (exact) mass is 1110 g/mol. The number of unbranched alkanes of at least 4 members (excludes halogenated alkanes) is 27. The lowest BCUT2D eigenvalue weighted by Crippen LogP contribution is -2.47. The predicted molar refractivity (Wildman–Crippen MR) is 334 cm³/mol. The normalized spacial score (nSPS) is 14.3. The van der Waals surface area contributed by atoms with E-state index in [1.54, 1.807) is 0 Å². The minimum Gasteiger partial charge on any atom is -0.756 e. The van der Waals surface area contributed by atoms with Crippen molar-refractivity contribution in [1.29, 1.82) is 0 Å². The number of likely N-dealkylation sites (N-methyl/N-ethyl adjacent to an activating group) is 1. The number of nitrogens with zero attached hydrogens (tertiary/aromatic N) is 1. The minimum absolute atomic E-state index is 0.0313. The summed E-state index contributed by atoms with van der Waals surface area (Å²) in [6.45, 7) is 6.67. The molecule has 0 aromatic rings. The number of hydrogen-bond donors (Lipinski definition) is 1. The topological polar surface area (TPSA) is 114 Å². The Kier molecular flexibility index (Phi) is 54.9. The van der Waals surface area contributed by atoms with Crippen LogP contribution in [0.25, 0.3) is 0 Å². The number of quaternary nitrogens is 1. The zero-order chi connectivity index (χ0) is 57.2. The zero-order valence-electron chi connectivity index (χ0n) is 51.3. The molecule has 0 aromatic carbocycles. The molecule has 1 amide bonds. The van der Waals surface area contributed by atoms with Crippen LogP contribution in [-0.4, -0.2) is 69.4 Å². The molecule has 9 nitrogen and oxygen atoms in total. The Bertz CT molecular complexity index is 1660. The van der Waals surface area contributed by atoms with Crippen LogP contribution >= 0.6 is 7.82 Å². The Morgan fingerprint density at radius 3 is 1.26 bits per heavy atom. The number of amides is 1. The summed E-state index contributed by atoms with van der Waals surface area (Å²) in [5.41, 5.74) is 0. The summed E-state index contributed by atoms with van der Waals surface area (Å²) < 4.78 is 30.3. The number of esters is 1. The number of allylic oxidation sites excluding steroid dienone is 15. The lowest BCUT2D eigenvalue weighted by atomic mass is 10.0. The van der Waals surface area contributed by atoms with Crippen molar-refractivity contribution in [2.24, 2.45) is 0 Å². The number of nitrogens with one attached hydrogen (secondary N) is 1. The first-order valence-electron chi connectivity index (χ1n) is 32.0. The standard InChI is InChI=1S/C68H121N2O7P/c1-7-10-13-16-19-22-25-27-29-30-31-32-33-34-35-36-37-38-39-40-41-43-46-49-52-55-58-61-68(72)77-66(59-56-53-50-47-44-24-21-18-15-12-9-3)65(64-76-78(73,74)75-63-62-70(4,5)6)69-67(71)60-57-54-51-48-45-42-28-26-23-20-17-14-11-8-2/h11,14,19-20,22-23,27-29,31-32,34-35,42,56,59,65-66H,7-10,12-13,15-18,21,24-26,30,33,36-41,43-55,57-58,60-64H2,1-6H3,(H-,69,71,73,74)/b14-11+,22-19-,23-20+,29-27-,32-31-,35-34-,42-28+,59-56-. The lowest BCUT2D eigenvalue weighted by molar-refractivity contribution is -0.870. The van der Waals surface area contributed by atoms with E-state index in [-0.39, 0.29) is 31.3 Å². The van der Waals surface area contributed by atoms with E-state index in [2.05, 4.69) is 111 Å². The third-order valence-electron chi connectivity index (χ3n) is 13.7. The first kappa shape index (κ1) is 74.9. The van der Waals surface area contributed by atoms with Gasteiger partial charge in [0.1, 0.15) is 19.3 Å². The van der Waals surface area contributed by atoms with Crippen LogP contribution in [-0.2, 0) is 27.9 Å². The Hall–Kier alpha value is -3.07. The summed E-state index contributed by atoms with van der Waals surface area (Å²) in [5, 5.41) is 3.01. The smallest absolute Gasteiger partial charge is 0.306 e. The van der Waals surface area contributed by atoms with Gasteiger partial charge in [-0.15, -0.1) is 0 Å². The number of hydrogen-bond acceptors (Lipinski definition) is 7. The lowest BCUT2D eigenvalue weighted by Gasteiger charge is -2.30. The Morgan fingerprint density at radius 1 is 0.462 bits per heavy atom. The van der Waals surface area contributed by atoms with E-state index < -0.39 is 26.6 Å². The summed E-state index contributed by atoms with van der Waals surface area (Å²) in [7, 11) is 1.16. The van der Waals surface area contributed by atoms with Crippen LogP contribution in [0.2, 0.25) is 0 Å². The molecule has 0 radical (unpaired) electrons. The van der Waals surface area contributed by atoms with Gasteiger partial charge in [0.15, 0.2) is 0 Å². The van der Waals surface area contributed by atoms with Gasteiger partial charge in [-0.05, 0) is 109 Å². The number of rotatable bonds is 57. The van der Waals surface area contributed by atoms with E-state index in [0.29, 0.717) is 17.4 Å². The summed E-state index contributed by atoms with van der Waals surface area (Å²) in [4.78, 5) is 40.0. The van der Waals surface area contributed by atoms with Gasteiger partial charge in [0.05, 0.1) is 33.8 Å². The van der Waals surface area contributed by atoms with Gasteiger partial charge in [-0.25, -0.2) is 0 Å². The average molecular weight is 1110 g/mol. The number of phosphoric ester groups is 1. The highest BCUT2D eigenvalue weighted by atomic mass is 31.2. The number of phosphoric acid groups is 1. The summed E-state index contributed by atoms with van der Waals surface area (Å²) in [6, 6.07) is -0.906. The molecule has 0 aliphatic rings. The van der Waals surface area contributed by atoms with E-state index in [9.17, 15) is 19.0 Å². The van der Waals surface area contributed by atoms with Crippen molar-refractivity contribution in [2.45, 2.75) is 283 Å². The molecule has 0 aromatic heterocycles. The SMILES string of the molecule is CC/C=C/C/C=C/C/C=C/CCCCCCC(=O)NC(COP(=O)([O-])OCC[N+](C)(C)C)C(/C=C\CCCCCCCCCCC)OC(=O)CCCCCCCCCCCCC/C=C\C/C=C\C/C=C\C/C=C\CCCCC. The van der Waals surface area contributed by atoms with Crippen LogP contribution in [0.5, 0.6) is 0 Å². The molecule has 0 bridgehead atoms. The van der Waals surface area contributed by atoms with Crippen molar-refractivity contribution >= 4 is 19.7 Å². The van der Waals surface area contributed by atoms with Crippen molar-refractivity contribution in [3.05, 3.63) is 97.2 Å². The quantitative estimate of drug-likeness (QED) is 0.0212. The molecule has 0 spiro atoms. The molecule has 0 rings (SSSR count). The summed E-state index contributed by atoms with van der Waals surface area (Å²) >= 11 is 0. The third kappa shape index (κ3) is 57.6. The van der Waals surface area contributed by atoms with Gasteiger partial charge in [0, 0.05) is 12.8 Å². The van der Waals surface area contributed by atoms with E-state index in [4.69, 9.17) is 13.8 Å². The van der Waals surface area contributed by atoms with Crippen LogP contribution in [0.4, 0.5) is 0 Å². The number of ether oxygens (including phenoxy) is 1. The van der Waals surface area contributed by atoms with Gasteiger partial charge in [0.25, 0.3) is 7.82 Å². The van der Waals surface area contributed by atoms with Crippen LogP contribution in [0.3, 0.4) is 0 Å². The Balaban J connectivity index is 5.08. The third-order valence-corrected chi connectivity index (χ3v) is 14.7. The fraction of sp³-hybridized carbons (Fsp3) is 0.735. The fourth-order valence-electron chi connectivity index (χ4n) is 8.81. The van der Waals surface area contributed by atoms with E-state index in [1.807, 2.05) is 33.3 Å². The molecule has 3 unspecified atom stereocenters. The molecule has 0 saturated carbocycles. The highest BCUT2D eigenvalue weighted by Crippen LogP contribution is 2.38. The molecule has 0 fully saturated rings. The Morgan fingerprint density at radius 2 is 0.821 bits per heavy atom. The van der Waals surface area contributed by atoms with Gasteiger partial charge >= 0.3 is 5.97 Å². The van der Waals surface area contributed by atoms with E-state index >= 15 is 0 Å². The maximum Gasteiger partial charge on any atom is 0.306 e. The second kappa shape index (κ2) is 57.2. The molecule has 0 aliphatic heterocycles. The predicted octanol–water partition coefficient (Wildman–Crippen LogP) is 19.3. The van der Waals surface area contributed by atoms with Gasteiger partial charge in [-0.3, -0.25) is 14.2 Å². The summed E-state index contributed by atoms with van der Waals surface area (Å²) in [6.07, 6.45) is 76.7. The van der Waals surface area contributed by atoms with Crippen molar-refractivity contribution in [1.82, 2.24) is 5.32 Å². The van der Waals surface area contributed by atoms with Gasteiger partial charge in [-0.1, -0.05) is 247 Å². The van der Waals surface area contributed by atoms with Gasteiger partial charge in [0.2, 0.25) is 5.91 Å². The minimum atomic E-state index is -4.71. The first-order chi connectivity index (χ1) is 37.9. The highest BCUT2D eigenvalue weighted by Gasteiger charge is 2.27. The van der Waals surface area contributed by atoms with Crippen LogP contribution in [0.15, 0.2) is 97.2 Å². The largest absolute Gasteiger partial charge is 0.756 e. The first-order valence-corrected chi connectivity index (χ1v) is 33.5. The molecule has 10 heteroatoms. The second-order valence-corrected chi connectivity index (χ2v) is 23.9. The van der Waals surface area contributed by atoms with E-state index in [1.165, 1.54) is 122 Å².